The average Bonchev–Trinajstić information content (AvgIpc) is 2.48. The Kier molecular flexibility index (Phi) is 6.29. The van der Waals surface area contributed by atoms with Gasteiger partial charge >= 0.3 is 0 Å². The van der Waals surface area contributed by atoms with E-state index in [0.29, 0.717) is 5.56 Å². The summed E-state index contributed by atoms with van der Waals surface area (Å²) in [6, 6.07) is 18.3. The first-order chi connectivity index (χ1) is 9.15. The fraction of sp³-hybridized carbons (Fsp3) is 0.133. The smallest absolute Gasteiger partial charge is 0.118 e. The summed E-state index contributed by atoms with van der Waals surface area (Å²) in [5.74, 6) is -1.48. The van der Waals surface area contributed by atoms with Crippen LogP contribution >= 0.6 is 0 Å². The first-order valence-electron chi connectivity index (χ1n) is 5.92. The lowest BCUT2D eigenvalue weighted by Crippen LogP contribution is -2.47. The van der Waals surface area contributed by atoms with Crippen molar-refractivity contribution < 1.29 is 20.7 Å². The molecule has 0 heterocycles. The maximum Gasteiger partial charge on any atom is 0.118 e. The van der Waals surface area contributed by atoms with Crippen LogP contribution in [0.4, 0.5) is 0 Å². The van der Waals surface area contributed by atoms with Crippen molar-refractivity contribution in [1.82, 2.24) is 0 Å². The zero-order chi connectivity index (χ0) is 14.1. The minimum Gasteiger partial charge on any atom is -0.547 e. The number of rotatable bonds is 3. The van der Waals surface area contributed by atoms with Gasteiger partial charge in [-0.25, -0.2) is 0 Å². The van der Waals surface area contributed by atoms with Gasteiger partial charge in [0.15, 0.2) is 0 Å². The molecule has 0 aliphatic rings. The summed E-state index contributed by atoms with van der Waals surface area (Å²) in [7, 11) is 0. The van der Waals surface area contributed by atoms with Crippen LogP contribution in [0, 0.1) is 0 Å². The highest BCUT2D eigenvalue weighted by Crippen LogP contribution is 2.09. The maximum absolute atomic E-state index is 10.1. The standard InChI is InChI=1S/C8H8O3.C7H9N/c9-7(8(10)11)6-4-2-1-3-5-6;8-6-7-4-2-1-3-5-7/h1-5,7,9H,(H,10,11);1-5H,6,8H2/t7-;/m0./s1. The van der Waals surface area contributed by atoms with Crippen LogP contribution in [0.1, 0.15) is 17.2 Å². The number of aliphatic carboxylic acids is 1. The molecule has 0 saturated carbocycles. The van der Waals surface area contributed by atoms with Gasteiger partial charge in [0.05, 0.1) is 12.5 Å². The van der Waals surface area contributed by atoms with E-state index >= 15 is 0 Å². The Morgan fingerprint density at radius 3 is 1.89 bits per heavy atom. The lowest BCUT2D eigenvalue weighted by molar-refractivity contribution is -0.386. The molecular weight excluding hydrogens is 242 g/mol. The molecule has 2 aromatic rings. The van der Waals surface area contributed by atoms with E-state index in [9.17, 15) is 9.90 Å². The van der Waals surface area contributed by atoms with Crippen LogP contribution in [-0.2, 0) is 11.3 Å². The van der Waals surface area contributed by atoms with Crippen molar-refractivity contribution in [3.05, 3.63) is 71.8 Å². The van der Waals surface area contributed by atoms with Gasteiger partial charge in [0.25, 0.3) is 0 Å². The third kappa shape index (κ3) is 5.33. The van der Waals surface area contributed by atoms with Crippen molar-refractivity contribution >= 4 is 5.97 Å². The van der Waals surface area contributed by atoms with Crippen LogP contribution in [0.25, 0.3) is 0 Å². The zero-order valence-electron chi connectivity index (χ0n) is 10.5. The first kappa shape index (κ1) is 14.9. The highest BCUT2D eigenvalue weighted by Gasteiger charge is 2.05. The Morgan fingerprint density at radius 2 is 1.53 bits per heavy atom. The fourth-order valence-electron chi connectivity index (χ4n) is 1.42. The number of hydrogen-bond donors (Lipinski definition) is 2. The highest BCUT2D eigenvalue weighted by molar-refractivity contribution is 5.71. The van der Waals surface area contributed by atoms with Crippen LogP contribution in [0.3, 0.4) is 0 Å². The van der Waals surface area contributed by atoms with Crippen molar-refractivity contribution in [3.63, 3.8) is 0 Å². The average molecular weight is 259 g/mol. The van der Waals surface area contributed by atoms with E-state index < -0.39 is 12.1 Å². The molecule has 0 aliphatic heterocycles. The molecule has 1 atom stereocenters. The summed E-state index contributed by atoms with van der Waals surface area (Å²) in [6.45, 7) is 0.890. The summed E-state index contributed by atoms with van der Waals surface area (Å²) in [6.07, 6.45) is -1.52. The van der Waals surface area contributed by atoms with Crippen molar-refractivity contribution in [2.24, 2.45) is 0 Å². The summed E-state index contributed by atoms with van der Waals surface area (Å²) in [5, 5.41) is 19.1. The number of benzene rings is 2. The van der Waals surface area contributed by atoms with E-state index in [1.54, 1.807) is 18.2 Å². The molecule has 0 unspecified atom stereocenters. The monoisotopic (exact) mass is 259 g/mol. The van der Waals surface area contributed by atoms with Crippen molar-refractivity contribution in [2.45, 2.75) is 12.6 Å². The predicted molar refractivity (Wildman–Crippen MR) is 69.4 cm³/mol. The molecule has 0 radical (unpaired) electrons. The van der Waals surface area contributed by atoms with Gasteiger partial charge in [-0.1, -0.05) is 60.7 Å². The zero-order valence-corrected chi connectivity index (χ0v) is 10.5. The van der Waals surface area contributed by atoms with Gasteiger partial charge in [-0.3, -0.25) is 0 Å². The molecule has 0 amide bonds. The third-order valence-corrected chi connectivity index (χ3v) is 2.47. The van der Waals surface area contributed by atoms with Crippen LogP contribution in [0.2, 0.25) is 0 Å². The maximum atomic E-state index is 10.1. The van der Waals surface area contributed by atoms with Gasteiger partial charge in [0, 0.05) is 5.56 Å². The van der Waals surface area contributed by atoms with Crippen LogP contribution in [-0.4, -0.2) is 11.1 Å². The third-order valence-electron chi connectivity index (χ3n) is 2.47. The van der Waals surface area contributed by atoms with E-state index in [4.69, 9.17) is 5.11 Å². The SMILES string of the molecule is O=C([O-])[C@@H](O)c1ccccc1.[NH3+]Cc1ccccc1. The number of carboxylic acids is 1. The summed E-state index contributed by atoms with van der Waals surface area (Å²) >= 11 is 0. The predicted octanol–water partition coefficient (Wildman–Crippen LogP) is -0.102. The van der Waals surface area contributed by atoms with E-state index in [0.717, 1.165) is 6.54 Å². The molecule has 0 aromatic heterocycles. The molecule has 4 nitrogen and oxygen atoms in total. The molecule has 100 valence electrons. The molecule has 0 fully saturated rings. The lowest BCUT2D eigenvalue weighted by atomic mass is 10.1. The molecule has 2 rings (SSSR count). The van der Waals surface area contributed by atoms with Crippen molar-refractivity contribution in [2.75, 3.05) is 0 Å². The minimum absolute atomic E-state index is 0.340. The molecule has 0 saturated heterocycles. The lowest BCUT2D eigenvalue weighted by Gasteiger charge is -2.10. The summed E-state index contributed by atoms with van der Waals surface area (Å²) in [5.41, 5.74) is 5.39. The molecule has 4 N–H and O–H groups in total. The molecule has 0 bridgehead atoms. The van der Waals surface area contributed by atoms with Gasteiger partial charge in [0.2, 0.25) is 0 Å². The number of aliphatic hydroxyl groups excluding tert-OH is 1. The number of quaternary nitrogens is 1. The van der Waals surface area contributed by atoms with E-state index in [2.05, 4.69) is 17.9 Å². The normalized spacial score (nSPS) is 11.1. The Balaban J connectivity index is 0.000000200. The van der Waals surface area contributed by atoms with E-state index in [-0.39, 0.29) is 0 Å². The second-order valence-electron chi connectivity index (χ2n) is 3.87. The fourth-order valence-corrected chi connectivity index (χ4v) is 1.42. The molecule has 0 aliphatic carbocycles. The Labute approximate surface area is 112 Å². The number of hydrogen-bond acceptors (Lipinski definition) is 3. The molecule has 4 heteroatoms. The number of aliphatic hydroxyl groups is 1. The van der Waals surface area contributed by atoms with E-state index in [1.807, 2.05) is 18.2 Å². The first-order valence-corrected chi connectivity index (χ1v) is 5.92. The highest BCUT2D eigenvalue weighted by atomic mass is 16.4. The molecule has 19 heavy (non-hydrogen) atoms. The Morgan fingerprint density at radius 1 is 1.05 bits per heavy atom. The molecule has 2 aromatic carbocycles. The second-order valence-corrected chi connectivity index (χ2v) is 3.87. The van der Waals surface area contributed by atoms with Crippen molar-refractivity contribution in [1.29, 1.82) is 0 Å². The minimum atomic E-state index is -1.52. The van der Waals surface area contributed by atoms with Crippen LogP contribution in [0.5, 0.6) is 0 Å². The Hall–Kier alpha value is -2.17. The summed E-state index contributed by atoms with van der Waals surface area (Å²) < 4.78 is 0. The Bertz CT molecular complexity index is 485. The van der Waals surface area contributed by atoms with Gasteiger partial charge in [0.1, 0.15) is 6.10 Å². The molecular formula is C15H17NO3. The number of carbonyl (C=O) groups is 1. The number of carboxylic acid groups (broad SMARTS) is 1. The van der Waals surface area contributed by atoms with Crippen LogP contribution in [0.15, 0.2) is 60.7 Å². The van der Waals surface area contributed by atoms with Gasteiger partial charge in [-0.05, 0) is 5.56 Å². The number of carbonyl (C=O) groups excluding carboxylic acids is 1. The van der Waals surface area contributed by atoms with Gasteiger partial charge in [-0.2, -0.15) is 0 Å². The van der Waals surface area contributed by atoms with Gasteiger partial charge in [-0.15, -0.1) is 0 Å². The largest absolute Gasteiger partial charge is 0.547 e. The van der Waals surface area contributed by atoms with Gasteiger partial charge < -0.3 is 20.7 Å². The van der Waals surface area contributed by atoms with E-state index in [1.165, 1.54) is 17.7 Å². The van der Waals surface area contributed by atoms with Crippen molar-refractivity contribution in [3.8, 4) is 0 Å². The molecule has 0 spiro atoms. The summed E-state index contributed by atoms with van der Waals surface area (Å²) in [4.78, 5) is 10.1. The second kappa shape index (κ2) is 8.02. The quantitative estimate of drug-likeness (QED) is 0.806. The topological polar surface area (TPSA) is 88.0 Å². The van der Waals surface area contributed by atoms with Crippen LogP contribution < -0.4 is 10.8 Å².